The third kappa shape index (κ3) is 5.07. The van der Waals surface area contributed by atoms with Gasteiger partial charge in [0.25, 0.3) is 11.7 Å². The summed E-state index contributed by atoms with van der Waals surface area (Å²) in [4.78, 5) is 28.1. The Balaban J connectivity index is 1.88. The molecule has 1 amide bonds. The summed E-state index contributed by atoms with van der Waals surface area (Å²) in [7, 11) is 2.95. The number of amides is 1. The van der Waals surface area contributed by atoms with Crippen molar-refractivity contribution in [1.82, 2.24) is 4.90 Å². The van der Waals surface area contributed by atoms with E-state index in [1.807, 2.05) is 36.4 Å². The van der Waals surface area contributed by atoms with Crippen LogP contribution in [0.4, 0.5) is 4.39 Å². The van der Waals surface area contributed by atoms with Crippen LogP contribution in [0.25, 0.3) is 5.76 Å². The minimum absolute atomic E-state index is 0.00117. The number of likely N-dealkylation sites (tertiary alicyclic amines) is 1. The number of carbonyl (C=O) groups is 2. The lowest BCUT2D eigenvalue weighted by Crippen LogP contribution is -2.29. The number of benzene rings is 3. The number of hydrogen-bond acceptors (Lipinski definition) is 5. The number of halogens is 1. The zero-order chi connectivity index (χ0) is 26.9. The van der Waals surface area contributed by atoms with Gasteiger partial charge in [-0.2, -0.15) is 0 Å². The van der Waals surface area contributed by atoms with Crippen LogP contribution in [0, 0.1) is 5.82 Å². The molecule has 7 heteroatoms. The van der Waals surface area contributed by atoms with Gasteiger partial charge in [0.1, 0.15) is 23.1 Å². The Kier molecular flexibility index (Phi) is 7.07. The summed E-state index contributed by atoms with van der Waals surface area (Å²) in [6, 6.07) is 17.5. The highest BCUT2D eigenvalue weighted by atomic mass is 19.1. The van der Waals surface area contributed by atoms with Gasteiger partial charge in [-0.1, -0.05) is 57.2 Å². The van der Waals surface area contributed by atoms with Crippen LogP contribution >= 0.6 is 0 Å². The molecule has 3 aromatic carbocycles. The fourth-order valence-electron chi connectivity index (χ4n) is 4.49. The molecule has 1 heterocycles. The van der Waals surface area contributed by atoms with Gasteiger partial charge >= 0.3 is 0 Å². The van der Waals surface area contributed by atoms with Crippen LogP contribution in [0.3, 0.4) is 0 Å². The van der Waals surface area contributed by atoms with Gasteiger partial charge in [0, 0.05) is 6.54 Å². The summed E-state index contributed by atoms with van der Waals surface area (Å²) in [6.45, 7) is 6.40. The second kappa shape index (κ2) is 10.1. The molecule has 1 unspecified atom stereocenters. The lowest BCUT2D eigenvalue weighted by atomic mass is 9.85. The minimum Gasteiger partial charge on any atom is -0.507 e. The molecule has 1 saturated heterocycles. The Morgan fingerprint density at radius 1 is 0.946 bits per heavy atom. The van der Waals surface area contributed by atoms with Crippen molar-refractivity contribution in [2.24, 2.45) is 0 Å². The van der Waals surface area contributed by atoms with Gasteiger partial charge in [-0.3, -0.25) is 9.59 Å². The number of carbonyl (C=O) groups excluding carboxylic acids is 2. The Bertz CT molecular complexity index is 1350. The standard InChI is InChI=1S/C30H30FNO5/c1-30(2,3)20-10-8-19(9-11-20)26-25(27(33)23-16-21(31)12-15-24(23)37-5)28(34)29(35)32(26)17-18-6-13-22(36-4)14-7-18/h6-16,26,33H,17H2,1-5H3/b27-25+. The quantitative estimate of drug-likeness (QED) is 0.263. The fraction of sp³-hybridized carbons (Fsp3) is 0.267. The van der Waals surface area contributed by atoms with E-state index < -0.39 is 29.3 Å². The Morgan fingerprint density at radius 3 is 2.16 bits per heavy atom. The second-order valence-electron chi connectivity index (χ2n) is 9.99. The highest BCUT2D eigenvalue weighted by Crippen LogP contribution is 2.42. The summed E-state index contributed by atoms with van der Waals surface area (Å²) >= 11 is 0. The van der Waals surface area contributed by atoms with Crippen molar-refractivity contribution in [1.29, 1.82) is 0 Å². The molecule has 1 N–H and O–H groups in total. The summed E-state index contributed by atoms with van der Waals surface area (Å²) < 4.78 is 24.7. The molecule has 1 fully saturated rings. The van der Waals surface area contributed by atoms with Crippen LogP contribution in [0.15, 0.2) is 72.3 Å². The van der Waals surface area contributed by atoms with E-state index in [4.69, 9.17) is 9.47 Å². The fourth-order valence-corrected chi connectivity index (χ4v) is 4.49. The highest BCUT2D eigenvalue weighted by molar-refractivity contribution is 6.46. The van der Waals surface area contributed by atoms with Crippen LogP contribution < -0.4 is 9.47 Å². The van der Waals surface area contributed by atoms with Gasteiger partial charge in [0.05, 0.1) is 31.4 Å². The molecule has 192 valence electrons. The topological polar surface area (TPSA) is 76.1 Å². The number of Topliss-reactive ketones (excluding diaryl/α,β-unsaturated/α-hetero) is 1. The largest absolute Gasteiger partial charge is 0.507 e. The van der Waals surface area contributed by atoms with E-state index in [2.05, 4.69) is 20.8 Å². The summed E-state index contributed by atoms with van der Waals surface area (Å²) in [5, 5.41) is 11.3. The third-order valence-corrected chi connectivity index (χ3v) is 6.56. The van der Waals surface area contributed by atoms with E-state index in [-0.39, 0.29) is 28.8 Å². The summed E-state index contributed by atoms with van der Waals surface area (Å²) in [5.74, 6) is -1.85. The zero-order valence-corrected chi connectivity index (χ0v) is 21.5. The number of aliphatic hydroxyl groups excluding tert-OH is 1. The number of ether oxygens (including phenoxy) is 2. The lowest BCUT2D eigenvalue weighted by molar-refractivity contribution is -0.140. The maximum Gasteiger partial charge on any atom is 0.295 e. The second-order valence-corrected chi connectivity index (χ2v) is 9.99. The normalized spacial score (nSPS) is 17.2. The summed E-state index contributed by atoms with van der Waals surface area (Å²) in [5.41, 5.74) is 2.29. The average molecular weight is 504 g/mol. The van der Waals surface area contributed by atoms with Crippen molar-refractivity contribution >= 4 is 17.4 Å². The molecule has 1 atom stereocenters. The van der Waals surface area contributed by atoms with Gasteiger partial charge in [-0.05, 0) is 52.4 Å². The molecule has 1 aliphatic rings. The van der Waals surface area contributed by atoms with Crippen molar-refractivity contribution in [3.8, 4) is 11.5 Å². The average Bonchev–Trinajstić information content (AvgIpc) is 3.13. The van der Waals surface area contributed by atoms with E-state index in [1.54, 1.807) is 19.2 Å². The van der Waals surface area contributed by atoms with Crippen LogP contribution in [-0.2, 0) is 21.5 Å². The SMILES string of the molecule is COc1ccc(CN2C(=O)C(=O)/C(=C(/O)c3cc(F)ccc3OC)C2c2ccc(C(C)(C)C)cc2)cc1. The first-order valence-corrected chi connectivity index (χ1v) is 11.9. The maximum atomic E-state index is 14.1. The first-order valence-electron chi connectivity index (χ1n) is 11.9. The van der Waals surface area contributed by atoms with E-state index in [9.17, 15) is 19.1 Å². The predicted molar refractivity (Wildman–Crippen MR) is 139 cm³/mol. The van der Waals surface area contributed by atoms with Crippen molar-refractivity contribution < 1.29 is 28.6 Å². The van der Waals surface area contributed by atoms with Gasteiger partial charge < -0.3 is 19.5 Å². The Morgan fingerprint density at radius 2 is 1.59 bits per heavy atom. The number of rotatable bonds is 6. The van der Waals surface area contributed by atoms with E-state index in [0.29, 0.717) is 11.3 Å². The molecule has 1 aliphatic heterocycles. The molecule has 37 heavy (non-hydrogen) atoms. The molecule has 0 aliphatic carbocycles. The van der Waals surface area contributed by atoms with Crippen LogP contribution in [0.1, 0.15) is 49.1 Å². The highest BCUT2D eigenvalue weighted by Gasteiger charge is 2.46. The van der Waals surface area contributed by atoms with Crippen molar-refractivity contribution in [3.63, 3.8) is 0 Å². The smallest absolute Gasteiger partial charge is 0.295 e. The third-order valence-electron chi connectivity index (χ3n) is 6.56. The van der Waals surface area contributed by atoms with Gasteiger partial charge in [0.15, 0.2) is 0 Å². The predicted octanol–water partition coefficient (Wildman–Crippen LogP) is 5.76. The van der Waals surface area contributed by atoms with Crippen LogP contribution in [0.5, 0.6) is 11.5 Å². The molecule has 0 bridgehead atoms. The number of methoxy groups -OCH3 is 2. The molecule has 3 aromatic rings. The van der Waals surface area contributed by atoms with Gasteiger partial charge in [-0.15, -0.1) is 0 Å². The van der Waals surface area contributed by atoms with E-state index in [1.165, 1.54) is 24.1 Å². The molecule has 4 rings (SSSR count). The number of ketones is 1. The van der Waals surface area contributed by atoms with Crippen LogP contribution in [0.2, 0.25) is 0 Å². The van der Waals surface area contributed by atoms with Gasteiger partial charge in [0.2, 0.25) is 0 Å². The molecule has 0 saturated carbocycles. The first kappa shape index (κ1) is 25.9. The number of nitrogens with zero attached hydrogens (tertiary/aromatic N) is 1. The zero-order valence-electron chi connectivity index (χ0n) is 21.5. The van der Waals surface area contributed by atoms with Crippen molar-refractivity contribution in [2.45, 2.75) is 38.8 Å². The molecule has 6 nitrogen and oxygen atoms in total. The summed E-state index contributed by atoms with van der Waals surface area (Å²) in [6.07, 6.45) is 0. The monoisotopic (exact) mass is 503 g/mol. The Hall–Kier alpha value is -4.13. The number of aliphatic hydroxyl groups is 1. The lowest BCUT2D eigenvalue weighted by Gasteiger charge is -2.27. The van der Waals surface area contributed by atoms with Crippen LogP contribution in [-0.4, -0.2) is 35.9 Å². The van der Waals surface area contributed by atoms with Crippen molar-refractivity contribution in [3.05, 3.63) is 100 Å². The Labute approximate surface area is 215 Å². The number of hydrogen-bond donors (Lipinski definition) is 1. The molecular formula is C30H30FNO5. The maximum absolute atomic E-state index is 14.1. The molecular weight excluding hydrogens is 473 g/mol. The molecule has 0 radical (unpaired) electrons. The van der Waals surface area contributed by atoms with E-state index >= 15 is 0 Å². The molecule has 0 aromatic heterocycles. The minimum atomic E-state index is -0.885. The first-order chi connectivity index (χ1) is 17.5. The van der Waals surface area contributed by atoms with E-state index in [0.717, 1.165) is 17.2 Å². The van der Waals surface area contributed by atoms with Gasteiger partial charge in [-0.25, -0.2) is 4.39 Å². The molecule has 0 spiro atoms. The van der Waals surface area contributed by atoms with Crippen molar-refractivity contribution in [2.75, 3.05) is 14.2 Å².